The fraction of sp³-hybridized carbons (Fsp3) is 0.500. The predicted molar refractivity (Wildman–Crippen MR) is 66.6 cm³/mol. The zero-order valence-electron chi connectivity index (χ0n) is 10.4. The van der Waals surface area contributed by atoms with E-state index in [1.54, 1.807) is 6.92 Å². The summed E-state index contributed by atoms with van der Waals surface area (Å²) < 4.78 is 4.68. The van der Waals surface area contributed by atoms with Gasteiger partial charge in [0.1, 0.15) is 0 Å². The van der Waals surface area contributed by atoms with E-state index in [2.05, 4.69) is 16.9 Å². The third kappa shape index (κ3) is 4.57. The minimum absolute atomic E-state index is 0.326. The van der Waals surface area contributed by atoms with Gasteiger partial charge in [-0.1, -0.05) is 30.3 Å². The largest absolute Gasteiger partial charge is 0.469 e. The van der Waals surface area contributed by atoms with Crippen LogP contribution in [0.2, 0.25) is 0 Å². The first-order chi connectivity index (χ1) is 8.15. The fourth-order valence-corrected chi connectivity index (χ4v) is 1.88. The summed E-state index contributed by atoms with van der Waals surface area (Å²) in [5, 5.41) is 9.51. The number of carbonyl (C=O) groups excluding carboxylic acids is 1. The van der Waals surface area contributed by atoms with E-state index in [1.165, 1.54) is 12.7 Å². The molecule has 94 valence electrons. The average molecular weight is 236 g/mol. The van der Waals surface area contributed by atoms with Gasteiger partial charge < -0.3 is 9.84 Å². The lowest BCUT2D eigenvalue weighted by Gasteiger charge is -2.17. The predicted octanol–water partition coefficient (Wildman–Crippen LogP) is 2.18. The summed E-state index contributed by atoms with van der Waals surface area (Å²) in [6, 6.07) is 10.1. The van der Waals surface area contributed by atoms with Crippen LogP contribution < -0.4 is 0 Å². The van der Waals surface area contributed by atoms with E-state index in [9.17, 15) is 9.90 Å². The maximum atomic E-state index is 11.4. The molecule has 1 aromatic carbocycles. The van der Waals surface area contributed by atoms with E-state index in [4.69, 9.17) is 0 Å². The molecule has 0 amide bonds. The topological polar surface area (TPSA) is 46.5 Å². The standard InChI is InChI=1S/C14H20O3/c1-11(15)13(14(16)17-2)10-6-9-12-7-4-3-5-8-12/h3-5,7-8,11,13,15H,6,9-10H2,1-2H3/t11-,13?/m1/s1. The van der Waals surface area contributed by atoms with Gasteiger partial charge in [-0.25, -0.2) is 0 Å². The lowest BCUT2D eigenvalue weighted by atomic mass is 9.95. The van der Waals surface area contributed by atoms with Crippen LogP contribution in [-0.4, -0.2) is 24.3 Å². The highest BCUT2D eigenvalue weighted by Gasteiger charge is 2.23. The van der Waals surface area contributed by atoms with Crippen LogP contribution in [0.4, 0.5) is 0 Å². The zero-order chi connectivity index (χ0) is 12.7. The Labute approximate surface area is 102 Å². The number of hydrogen-bond donors (Lipinski definition) is 1. The molecule has 1 N–H and O–H groups in total. The van der Waals surface area contributed by atoms with Crippen LogP contribution in [0.15, 0.2) is 30.3 Å². The molecular formula is C14H20O3. The number of esters is 1. The van der Waals surface area contributed by atoms with Gasteiger partial charge in [0.15, 0.2) is 0 Å². The van der Waals surface area contributed by atoms with Crippen molar-refractivity contribution in [2.24, 2.45) is 5.92 Å². The number of ether oxygens (including phenoxy) is 1. The fourth-order valence-electron chi connectivity index (χ4n) is 1.88. The summed E-state index contributed by atoms with van der Waals surface area (Å²) >= 11 is 0. The second-order valence-electron chi connectivity index (χ2n) is 4.25. The monoisotopic (exact) mass is 236 g/mol. The van der Waals surface area contributed by atoms with Gasteiger partial charge in [-0.15, -0.1) is 0 Å². The van der Waals surface area contributed by atoms with Crippen LogP contribution in [-0.2, 0) is 16.0 Å². The van der Waals surface area contributed by atoms with Gasteiger partial charge in [-0.3, -0.25) is 4.79 Å². The van der Waals surface area contributed by atoms with Crippen LogP contribution in [0.25, 0.3) is 0 Å². The molecule has 0 saturated heterocycles. The van der Waals surface area contributed by atoms with Crippen molar-refractivity contribution in [3.8, 4) is 0 Å². The number of hydrogen-bond acceptors (Lipinski definition) is 3. The molecule has 2 atom stereocenters. The average Bonchev–Trinajstić information content (AvgIpc) is 2.34. The summed E-state index contributed by atoms with van der Waals surface area (Å²) in [4.78, 5) is 11.4. The highest BCUT2D eigenvalue weighted by atomic mass is 16.5. The van der Waals surface area contributed by atoms with Gasteiger partial charge in [0.25, 0.3) is 0 Å². The molecule has 3 nitrogen and oxygen atoms in total. The highest BCUT2D eigenvalue weighted by molar-refractivity contribution is 5.72. The van der Waals surface area contributed by atoms with Crippen molar-refractivity contribution in [1.29, 1.82) is 0 Å². The third-order valence-corrected chi connectivity index (χ3v) is 2.91. The molecule has 1 aromatic rings. The quantitative estimate of drug-likeness (QED) is 0.770. The third-order valence-electron chi connectivity index (χ3n) is 2.91. The Hall–Kier alpha value is -1.35. The summed E-state index contributed by atoms with van der Waals surface area (Å²) in [6.07, 6.45) is 1.79. The van der Waals surface area contributed by atoms with E-state index in [1.807, 2.05) is 18.2 Å². The van der Waals surface area contributed by atoms with E-state index >= 15 is 0 Å². The summed E-state index contributed by atoms with van der Waals surface area (Å²) in [6.45, 7) is 1.63. The molecule has 0 fully saturated rings. The molecular weight excluding hydrogens is 216 g/mol. The van der Waals surface area contributed by atoms with E-state index in [-0.39, 0.29) is 5.97 Å². The first-order valence-corrected chi connectivity index (χ1v) is 5.95. The molecule has 0 saturated carbocycles. The minimum Gasteiger partial charge on any atom is -0.469 e. The number of aliphatic hydroxyl groups excluding tert-OH is 1. The van der Waals surface area contributed by atoms with E-state index in [0.29, 0.717) is 6.42 Å². The molecule has 3 heteroatoms. The molecule has 1 unspecified atom stereocenters. The van der Waals surface area contributed by atoms with Gasteiger partial charge in [0, 0.05) is 0 Å². The molecule has 0 aliphatic rings. The lowest BCUT2D eigenvalue weighted by Crippen LogP contribution is -2.27. The van der Waals surface area contributed by atoms with Crippen molar-refractivity contribution in [3.05, 3.63) is 35.9 Å². The first kappa shape index (κ1) is 13.7. The summed E-state index contributed by atoms with van der Waals surface area (Å²) in [5.74, 6) is -0.739. The summed E-state index contributed by atoms with van der Waals surface area (Å²) in [7, 11) is 1.36. The van der Waals surface area contributed by atoms with Crippen LogP contribution in [0.5, 0.6) is 0 Å². The molecule has 0 aliphatic heterocycles. The number of rotatable bonds is 6. The second-order valence-corrected chi connectivity index (χ2v) is 4.25. The minimum atomic E-state index is -0.654. The van der Waals surface area contributed by atoms with Crippen molar-refractivity contribution in [1.82, 2.24) is 0 Å². The van der Waals surface area contributed by atoms with Gasteiger partial charge in [-0.2, -0.15) is 0 Å². The van der Waals surface area contributed by atoms with Gasteiger partial charge in [0.05, 0.1) is 19.1 Å². The lowest BCUT2D eigenvalue weighted by molar-refractivity contribution is -0.149. The van der Waals surface area contributed by atoms with Crippen LogP contribution in [0.1, 0.15) is 25.3 Å². The Morgan fingerprint density at radius 2 is 2.00 bits per heavy atom. The highest BCUT2D eigenvalue weighted by Crippen LogP contribution is 2.15. The number of aliphatic hydroxyl groups is 1. The van der Waals surface area contributed by atoms with E-state index < -0.39 is 12.0 Å². The molecule has 0 radical (unpaired) electrons. The maximum Gasteiger partial charge on any atom is 0.311 e. The van der Waals surface area contributed by atoms with Crippen molar-refractivity contribution in [3.63, 3.8) is 0 Å². The van der Waals surface area contributed by atoms with Crippen LogP contribution in [0.3, 0.4) is 0 Å². The van der Waals surface area contributed by atoms with Gasteiger partial charge >= 0.3 is 5.97 Å². The molecule has 0 bridgehead atoms. The van der Waals surface area contributed by atoms with Crippen LogP contribution >= 0.6 is 0 Å². The molecule has 0 aromatic heterocycles. The van der Waals surface area contributed by atoms with E-state index in [0.717, 1.165) is 12.8 Å². The second kappa shape index (κ2) is 7.07. The normalized spacial score (nSPS) is 14.1. The summed E-state index contributed by atoms with van der Waals surface area (Å²) in [5.41, 5.74) is 1.25. The number of aryl methyl sites for hydroxylation is 1. The van der Waals surface area contributed by atoms with Crippen LogP contribution in [0, 0.1) is 5.92 Å². The maximum absolute atomic E-state index is 11.4. The van der Waals surface area contributed by atoms with Gasteiger partial charge in [-0.05, 0) is 31.7 Å². The Kier molecular flexibility index (Phi) is 5.70. The Balaban J connectivity index is 2.40. The SMILES string of the molecule is COC(=O)C(CCCc1ccccc1)[C@@H](C)O. The zero-order valence-corrected chi connectivity index (χ0v) is 10.4. The van der Waals surface area contributed by atoms with Gasteiger partial charge in [0.2, 0.25) is 0 Å². The van der Waals surface area contributed by atoms with Crippen molar-refractivity contribution in [2.45, 2.75) is 32.3 Å². The first-order valence-electron chi connectivity index (χ1n) is 5.95. The van der Waals surface area contributed by atoms with Crippen molar-refractivity contribution < 1.29 is 14.6 Å². The number of benzene rings is 1. The Bertz CT molecular complexity index is 333. The van der Waals surface area contributed by atoms with Crippen molar-refractivity contribution >= 4 is 5.97 Å². The van der Waals surface area contributed by atoms with Crippen molar-refractivity contribution in [2.75, 3.05) is 7.11 Å². The molecule has 0 spiro atoms. The Morgan fingerprint density at radius 3 is 2.53 bits per heavy atom. The number of methoxy groups -OCH3 is 1. The Morgan fingerprint density at radius 1 is 1.35 bits per heavy atom. The molecule has 0 aliphatic carbocycles. The smallest absolute Gasteiger partial charge is 0.311 e. The number of carbonyl (C=O) groups is 1. The molecule has 17 heavy (non-hydrogen) atoms. The molecule has 0 heterocycles. The molecule has 1 rings (SSSR count).